The molecule has 29 heavy (non-hydrogen) atoms. The van der Waals surface area contributed by atoms with Gasteiger partial charge in [0.25, 0.3) is 5.91 Å². The number of hydrogen-bond acceptors (Lipinski definition) is 7. The Balaban J connectivity index is 1.37. The third kappa shape index (κ3) is 4.79. The predicted octanol–water partition coefficient (Wildman–Crippen LogP) is 5.45. The zero-order valence-electron chi connectivity index (χ0n) is 15.3. The fraction of sp³-hybridized carbons (Fsp3) is 0.100. The average molecular weight is 443 g/mol. The molecule has 0 aliphatic rings. The van der Waals surface area contributed by atoms with Crippen molar-refractivity contribution in [3.63, 3.8) is 0 Å². The van der Waals surface area contributed by atoms with Crippen molar-refractivity contribution < 1.29 is 9.53 Å². The Morgan fingerprint density at radius 3 is 2.55 bits per heavy atom. The Labute approximate surface area is 180 Å². The number of amides is 1. The fourth-order valence-corrected chi connectivity index (χ4v) is 3.88. The van der Waals surface area contributed by atoms with Crippen LogP contribution in [0.4, 0.5) is 5.13 Å². The summed E-state index contributed by atoms with van der Waals surface area (Å²) in [5.74, 6) is 0.432. The van der Waals surface area contributed by atoms with E-state index in [1.807, 2.05) is 36.6 Å². The summed E-state index contributed by atoms with van der Waals surface area (Å²) in [6, 6.07) is 14.3. The number of carbonyl (C=O) groups excluding carboxylic acids is 1. The molecule has 0 fully saturated rings. The maximum atomic E-state index is 12.5. The summed E-state index contributed by atoms with van der Waals surface area (Å²) < 4.78 is 14.0. The van der Waals surface area contributed by atoms with Gasteiger partial charge in [0.05, 0.1) is 23.1 Å². The van der Waals surface area contributed by atoms with Gasteiger partial charge in [-0.2, -0.15) is 8.75 Å². The lowest BCUT2D eigenvalue weighted by Crippen LogP contribution is -2.11. The maximum absolute atomic E-state index is 12.5. The summed E-state index contributed by atoms with van der Waals surface area (Å²) >= 11 is 8.45. The number of nitrogens with zero attached hydrogens (tertiary/aromatic N) is 3. The van der Waals surface area contributed by atoms with Gasteiger partial charge in [-0.1, -0.05) is 23.7 Å². The molecule has 0 radical (unpaired) electrons. The van der Waals surface area contributed by atoms with Crippen molar-refractivity contribution in [3.8, 4) is 17.0 Å². The summed E-state index contributed by atoms with van der Waals surface area (Å²) in [6.07, 6.45) is 0. The molecule has 0 atom stereocenters. The van der Waals surface area contributed by atoms with Crippen molar-refractivity contribution in [2.45, 2.75) is 13.5 Å². The Kier molecular flexibility index (Phi) is 5.84. The molecule has 2 heterocycles. The molecular formula is C20H15ClN4O2S2. The highest BCUT2D eigenvalue weighted by molar-refractivity contribution is 7.14. The standard InChI is InChI=1S/C20H15ClN4O2S2/c1-12-17(25-29-24-12)10-27-16-8-4-14(5-9-16)19(26)23-20-22-18(11-28-20)13-2-6-15(21)7-3-13/h2-9,11H,10H2,1H3,(H,22,23,26). The maximum Gasteiger partial charge on any atom is 0.257 e. The lowest BCUT2D eigenvalue weighted by atomic mass is 10.2. The van der Waals surface area contributed by atoms with Gasteiger partial charge in [-0.05, 0) is 43.3 Å². The lowest BCUT2D eigenvalue weighted by molar-refractivity contribution is 0.102. The number of thiazole rings is 1. The van der Waals surface area contributed by atoms with Crippen LogP contribution in [0.25, 0.3) is 11.3 Å². The van der Waals surface area contributed by atoms with Gasteiger partial charge < -0.3 is 4.74 Å². The summed E-state index contributed by atoms with van der Waals surface area (Å²) in [7, 11) is 0. The zero-order valence-corrected chi connectivity index (χ0v) is 17.6. The number of halogens is 1. The zero-order chi connectivity index (χ0) is 20.2. The monoisotopic (exact) mass is 442 g/mol. The molecule has 146 valence electrons. The molecule has 0 saturated carbocycles. The number of aromatic nitrogens is 3. The number of rotatable bonds is 6. The lowest BCUT2D eigenvalue weighted by Gasteiger charge is -2.06. The van der Waals surface area contributed by atoms with Gasteiger partial charge in [0, 0.05) is 21.5 Å². The van der Waals surface area contributed by atoms with Crippen LogP contribution in [0.5, 0.6) is 5.75 Å². The molecule has 0 spiro atoms. The van der Waals surface area contributed by atoms with E-state index in [-0.39, 0.29) is 5.91 Å². The molecule has 2 aromatic heterocycles. The molecule has 4 aromatic rings. The number of aryl methyl sites for hydroxylation is 1. The van der Waals surface area contributed by atoms with Crippen molar-refractivity contribution in [2.75, 3.05) is 5.32 Å². The van der Waals surface area contributed by atoms with Crippen LogP contribution < -0.4 is 10.1 Å². The highest BCUT2D eigenvalue weighted by Crippen LogP contribution is 2.26. The largest absolute Gasteiger partial charge is 0.487 e. The average Bonchev–Trinajstić information content (AvgIpc) is 3.36. The van der Waals surface area contributed by atoms with Crippen LogP contribution in [0.2, 0.25) is 5.02 Å². The third-order valence-electron chi connectivity index (χ3n) is 4.10. The molecule has 1 N–H and O–H groups in total. The highest BCUT2D eigenvalue weighted by atomic mass is 35.5. The number of benzene rings is 2. The Hall–Kier alpha value is -2.81. The minimum Gasteiger partial charge on any atom is -0.487 e. The molecule has 2 aromatic carbocycles. The van der Waals surface area contributed by atoms with Gasteiger partial charge in [-0.3, -0.25) is 10.1 Å². The van der Waals surface area contributed by atoms with E-state index in [2.05, 4.69) is 19.0 Å². The minimum absolute atomic E-state index is 0.229. The van der Waals surface area contributed by atoms with Crippen LogP contribution in [0, 0.1) is 6.92 Å². The molecule has 4 rings (SSSR count). The summed E-state index contributed by atoms with van der Waals surface area (Å²) in [6.45, 7) is 2.24. The first-order valence-corrected chi connectivity index (χ1v) is 10.6. The first-order valence-electron chi connectivity index (χ1n) is 8.62. The van der Waals surface area contributed by atoms with Crippen LogP contribution in [-0.2, 0) is 6.61 Å². The van der Waals surface area contributed by atoms with Crippen LogP contribution >= 0.6 is 34.7 Å². The summed E-state index contributed by atoms with van der Waals surface area (Å²) in [5.41, 5.74) is 3.94. The van der Waals surface area contributed by atoms with E-state index >= 15 is 0 Å². The van der Waals surface area contributed by atoms with E-state index < -0.39 is 0 Å². The molecular weight excluding hydrogens is 428 g/mol. The molecule has 0 saturated heterocycles. The van der Waals surface area contributed by atoms with E-state index in [9.17, 15) is 4.79 Å². The third-order valence-corrected chi connectivity index (χ3v) is 5.77. The second kappa shape index (κ2) is 8.69. The minimum atomic E-state index is -0.229. The molecule has 0 unspecified atom stereocenters. The van der Waals surface area contributed by atoms with Crippen LogP contribution in [0.1, 0.15) is 21.7 Å². The van der Waals surface area contributed by atoms with Gasteiger partial charge in [0.1, 0.15) is 18.1 Å². The van der Waals surface area contributed by atoms with Gasteiger partial charge in [-0.25, -0.2) is 4.98 Å². The van der Waals surface area contributed by atoms with Crippen LogP contribution in [-0.4, -0.2) is 19.6 Å². The predicted molar refractivity (Wildman–Crippen MR) is 116 cm³/mol. The Morgan fingerprint density at radius 1 is 1.10 bits per heavy atom. The van der Waals surface area contributed by atoms with Gasteiger partial charge in [0.15, 0.2) is 5.13 Å². The van der Waals surface area contributed by atoms with Crippen molar-refractivity contribution in [1.82, 2.24) is 13.7 Å². The molecule has 0 aliphatic carbocycles. The molecule has 1 amide bonds. The highest BCUT2D eigenvalue weighted by Gasteiger charge is 2.11. The van der Waals surface area contributed by atoms with E-state index in [0.29, 0.717) is 28.1 Å². The number of carbonyl (C=O) groups is 1. The Bertz CT molecular complexity index is 1120. The summed E-state index contributed by atoms with van der Waals surface area (Å²) in [4.78, 5) is 17.0. The van der Waals surface area contributed by atoms with E-state index in [4.69, 9.17) is 16.3 Å². The van der Waals surface area contributed by atoms with Gasteiger partial charge >= 0.3 is 0 Å². The van der Waals surface area contributed by atoms with E-state index in [1.165, 1.54) is 23.1 Å². The molecule has 6 nitrogen and oxygen atoms in total. The molecule has 0 bridgehead atoms. The molecule has 0 aliphatic heterocycles. The van der Waals surface area contributed by atoms with Crippen molar-refractivity contribution >= 4 is 45.7 Å². The second-order valence-corrected chi connectivity index (χ2v) is 7.93. The van der Waals surface area contributed by atoms with Crippen molar-refractivity contribution in [1.29, 1.82) is 0 Å². The Morgan fingerprint density at radius 2 is 1.86 bits per heavy atom. The normalized spacial score (nSPS) is 10.7. The first-order chi connectivity index (χ1) is 14.1. The smallest absolute Gasteiger partial charge is 0.257 e. The fourth-order valence-electron chi connectivity index (χ4n) is 2.49. The van der Waals surface area contributed by atoms with Crippen LogP contribution in [0.15, 0.2) is 53.9 Å². The van der Waals surface area contributed by atoms with Gasteiger partial charge in [0.2, 0.25) is 0 Å². The van der Waals surface area contributed by atoms with Gasteiger partial charge in [-0.15, -0.1) is 11.3 Å². The van der Waals surface area contributed by atoms with E-state index in [1.54, 1.807) is 24.3 Å². The first kappa shape index (κ1) is 19.5. The SMILES string of the molecule is Cc1nsnc1COc1ccc(C(=O)Nc2nc(-c3ccc(Cl)cc3)cs2)cc1. The topological polar surface area (TPSA) is 77.0 Å². The quantitative estimate of drug-likeness (QED) is 0.429. The number of nitrogens with one attached hydrogen (secondary N) is 1. The van der Waals surface area contributed by atoms with Crippen LogP contribution in [0.3, 0.4) is 0 Å². The van der Waals surface area contributed by atoms with Crippen molar-refractivity contribution in [2.24, 2.45) is 0 Å². The number of anilines is 1. The van der Waals surface area contributed by atoms with E-state index in [0.717, 1.165) is 22.6 Å². The number of hydrogen-bond donors (Lipinski definition) is 1. The van der Waals surface area contributed by atoms with Crippen molar-refractivity contribution in [3.05, 3.63) is 75.9 Å². The number of ether oxygens (including phenoxy) is 1. The molecule has 9 heteroatoms. The second-order valence-electron chi connectivity index (χ2n) is 6.11. The summed E-state index contributed by atoms with van der Waals surface area (Å²) in [5, 5.41) is 5.92.